The van der Waals surface area contributed by atoms with Crippen molar-refractivity contribution in [3.05, 3.63) is 30.0 Å². The molecule has 0 saturated carbocycles. The van der Waals surface area contributed by atoms with E-state index in [9.17, 15) is 22.4 Å². The van der Waals surface area contributed by atoms with Crippen LogP contribution in [0.5, 0.6) is 5.88 Å². The Hall–Kier alpha value is -2.32. The van der Waals surface area contributed by atoms with E-state index in [4.69, 9.17) is 4.74 Å². The number of rotatable bonds is 8. The van der Waals surface area contributed by atoms with Crippen LogP contribution < -0.4 is 15.4 Å². The molecule has 0 saturated heterocycles. The monoisotopic (exact) mass is 335 g/mol. The Morgan fingerprint density at radius 3 is 2.70 bits per heavy atom. The maximum absolute atomic E-state index is 12.6. The van der Waals surface area contributed by atoms with Gasteiger partial charge in [-0.25, -0.2) is 13.8 Å². The first-order valence-corrected chi connectivity index (χ1v) is 6.64. The fourth-order valence-corrected chi connectivity index (χ4v) is 1.56. The highest BCUT2D eigenvalue weighted by Crippen LogP contribution is 2.23. The average molecular weight is 335 g/mol. The van der Waals surface area contributed by atoms with Gasteiger partial charge in [-0.1, -0.05) is 0 Å². The topological polar surface area (TPSA) is 63.2 Å². The first kappa shape index (κ1) is 18.7. The van der Waals surface area contributed by atoms with Gasteiger partial charge in [0.05, 0.1) is 7.11 Å². The standard InChI is InChI=1S/C14H17F4N3O2/c1-9-7-10(8-12(21-9)23-2)19-5-6-20-11(22)3-4-14(17,18)13(15)16/h3-4,7-8,13H,5-6H2,1-2H3,(H,19,21)(H,20,22)/b4-3+. The number of hydrogen-bond acceptors (Lipinski definition) is 4. The molecule has 0 spiro atoms. The third kappa shape index (κ3) is 6.54. The zero-order valence-electron chi connectivity index (χ0n) is 12.6. The van der Waals surface area contributed by atoms with Crippen molar-refractivity contribution in [1.29, 1.82) is 0 Å². The predicted molar refractivity (Wildman–Crippen MR) is 77.1 cm³/mol. The normalized spacial score (nSPS) is 11.8. The summed E-state index contributed by atoms with van der Waals surface area (Å²) < 4.78 is 53.9. The summed E-state index contributed by atoms with van der Waals surface area (Å²) in [6.45, 7) is 2.20. The molecular weight excluding hydrogens is 318 g/mol. The Balaban J connectivity index is 2.39. The molecule has 0 bridgehead atoms. The van der Waals surface area contributed by atoms with E-state index in [0.29, 0.717) is 24.2 Å². The number of methoxy groups -OCH3 is 1. The van der Waals surface area contributed by atoms with Gasteiger partial charge >= 0.3 is 12.3 Å². The molecule has 1 heterocycles. The van der Waals surface area contributed by atoms with Crippen LogP contribution in [0.3, 0.4) is 0 Å². The summed E-state index contributed by atoms with van der Waals surface area (Å²) in [5.41, 5.74) is 1.44. The Bertz CT molecular complexity index is 565. The quantitative estimate of drug-likeness (QED) is 0.435. The van der Waals surface area contributed by atoms with Gasteiger partial charge in [-0.2, -0.15) is 8.78 Å². The highest BCUT2D eigenvalue weighted by Gasteiger charge is 2.37. The number of pyridine rings is 1. The molecular formula is C14H17F4N3O2. The van der Waals surface area contributed by atoms with Crippen molar-refractivity contribution in [2.24, 2.45) is 0 Å². The summed E-state index contributed by atoms with van der Waals surface area (Å²) in [5.74, 6) is -4.77. The SMILES string of the molecule is COc1cc(NCCNC(=O)/C=C/C(F)(F)C(F)F)cc(C)n1. The predicted octanol–water partition coefficient (Wildman–Crippen LogP) is 2.38. The van der Waals surface area contributed by atoms with Gasteiger partial charge in [-0.15, -0.1) is 0 Å². The lowest BCUT2D eigenvalue weighted by molar-refractivity contribution is -0.117. The molecule has 0 aliphatic rings. The lowest BCUT2D eigenvalue weighted by Crippen LogP contribution is -2.29. The van der Waals surface area contributed by atoms with Crippen molar-refractivity contribution in [3.8, 4) is 5.88 Å². The van der Waals surface area contributed by atoms with Crippen LogP contribution in [-0.2, 0) is 4.79 Å². The lowest BCUT2D eigenvalue weighted by Gasteiger charge is -2.10. The molecule has 2 N–H and O–H groups in total. The largest absolute Gasteiger partial charge is 0.481 e. The van der Waals surface area contributed by atoms with Crippen LogP contribution in [0.15, 0.2) is 24.3 Å². The first-order chi connectivity index (χ1) is 10.7. The third-order valence-electron chi connectivity index (χ3n) is 2.64. The van der Waals surface area contributed by atoms with Crippen molar-refractivity contribution in [2.75, 3.05) is 25.5 Å². The summed E-state index contributed by atoms with van der Waals surface area (Å²) in [7, 11) is 1.48. The summed E-state index contributed by atoms with van der Waals surface area (Å²) in [6, 6.07) is 3.41. The number of amides is 1. The maximum Gasteiger partial charge on any atom is 0.326 e. The molecule has 0 aromatic carbocycles. The zero-order chi connectivity index (χ0) is 17.5. The van der Waals surface area contributed by atoms with Crippen LogP contribution in [0.4, 0.5) is 23.2 Å². The van der Waals surface area contributed by atoms with Crippen molar-refractivity contribution < 1.29 is 27.1 Å². The van der Waals surface area contributed by atoms with E-state index in [2.05, 4.69) is 15.6 Å². The number of carbonyl (C=O) groups excluding carboxylic acids is 1. The molecule has 1 rings (SSSR count). The second-order valence-electron chi connectivity index (χ2n) is 4.57. The van der Waals surface area contributed by atoms with E-state index >= 15 is 0 Å². The Labute approximate surface area is 130 Å². The van der Waals surface area contributed by atoms with Gasteiger partial charge in [0.2, 0.25) is 11.8 Å². The van der Waals surface area contributed by atoms with E-state index < -0.39 is 18.3 Å². The zero-order valence-corrected chi connectivity index (χ0v) is 12.6. The number of aromatic nitrogens is 1. The summed E-state index contributed by atoms with van der Waals surface area (Å²) in [5, 5.41) is 5.27. The molecule has 128 valence electrons. The fourth-order valence-electron chi connectivity index (χ4n) is 1.56. The third-order valence-corrected chi connectivity index (χ3v) is 2.64. The molecule has 1 aromatic heterocycles. The number of aryl methyl sites for hydroxylation is 1. The van der Waals surface area contributed by atoms with Crippen molar-refractivity contribution in [2.45, 2.75) is 19.3 Å². The van der Waals surface area contributed by atoms with Crippen molar-refractivity contribution >= 4 is 11.6 Å². The van der Waals surface area contributed by atoms with Gasteiger partial charge in [0.1, 0.15) is 0 Å². The second kappa shape index (κ2) is 8.35. The van der Waals surface area contributed by atoms with Gasteiger partial charge in [-0.3, -0.25) is 4.79 Å². The summed E-state index contributed by atoms with van der Waals surface area (Å²) in [6.07, 6.45) is -3.57. The maximum atomic E-state index is 12.6. The molecule has 0 aliphatic heterocycles. The highest BCUT2D eigenvalue weighted by molar-refractivity contribution is 5.87. The second-order valence-corrected chi connectivity index (χ2v) is 4.57. The molecule has 9 heteroatoms. The molecule has 0 fully saturated rings. The van der Waals surface area contributed by atoms with Gasteiger partial charge in [0.25, 0.3) is 0 Å². The number of nitrogens with one attached hydrogen (secondary N) is 2. The van der Waals surface area contributed by atoms with E-state index in [1.165, 1.54) is 7.11 Å². The fraction of sp³-hybridized carbons (Fsp3) is 0.429. The lowest BCUT2D eigenvalue weighted by atomic mass is 10.3. The molecule has 0 unspecified atom stereocenters. The molecule has 5 nitrogen and oxygen atoms in total. The van der Waals surface area contributed by atoms with Crippen molar-refractivity contribution in [1.82, 2.24) is 10.3 Å². The van der Waals surface area contributed by atoms with Crippen LogP contribution in [0.25, 0.3) is 0 Å². The van der Waals surface area contributed by atoms with Crippen LogP contribution >= 0.6 is 0 Å². The van der Waals surface area contributed by atoms with Crippen LogP contribution in [0, 0.1) is 6.92 Å². The van der Waals surface area contributed by atoms with E-state index in [0.717, 1.165) is 5.69 Å². The van der Waals surface area contributed by atoms with E-state index in [-0.39, 0.29) is 12.6 Å². The summed E-state index contributed by atoms with van der Waals surface area (Å²) in [4.78, 5) is 15.3. The average Bonchev–Trinajstić information content (AvgIpc) is 2.49. The Kier molecular flexibility index (Phi) is 6.80. The molecule has 1 aromatic rings. The van der Waals surface area contributed by atoms with Gasteiger partial charge in [-0.05, 0) is 19.1 Å². The number of allylic oxidation sites excluding steroid dienone is 1. The Morgan fingerprint density at radius 1 is 1.39 bits per heavy atom. The minimum Gasteiger partial charge on any atom is -0.481 e. The molecule has 1 amide bonds. The van der Waals surface area contributed by atoms with Crippen LogP contribution in [0.2, 0.25) is 0 Å². The number of alkyl halides is 4. The van der Waals surface area contributed by atoms with E-state index in [1.807, 2.05) is 0 Å². The van der Waals surface area contributed by atoms with Gasteiger partial charge < -0.3 is 15.4 Å². The minimum absolute atomic E-state index is 0.114. The minimum atomic E-state index is -4.32. The molecule has 0 radical (unpaired) electrons. The van der Waals surface area contributed by atoms with Gasteiger partial charge in [0, 0.05) is 36.6 Å². The number of carbonyl (C=O) groups is 1. The smallest absolute Gasteiger partial charge is 0.326 e. The number of anilines is 1. The number of hydrogen-bond donors (Lipinski definition) is 2. The highest BCUT2D eigenvalue weighted by atomic mass is 19.3. The van der Waals surface area contributed by atoms with Gasteiger partial charge in [0.15, 0.2) is 0 Å². The molecule has 23 heavy (non-hydrogen) atoms. The van der Waals surface area contributed by atoms with Crippen LogP contribution in [-0.4, -0.2) is 43.4 Å². The molecule has 0 aliphatic carbocycles. The van der Waals surface area contributed by atoms with E-state index in [1.54, 1.807) is 19.1 Å². The first-order valence-electron chi connectivity index (χ1n) is 6.64. The number of halogens is 4. The molecule has 0 atom stereocenters. The number of nitrogens with zero attached hydrogens (tertiary/aromatic N) is 1. The number of ether oxygens (including phenoxy) is 1. The Morgan fingerprint density at radius 2 is 2.09 bits per heavy atom. The van der Waals surface area contributed by atoms with Crippen molar-refractivity contribution in [3.63, 3.8) is 0 Å². The summed E-state index contributed by atoms with van der Waals surface area (Å²) >= 11 is 0. The van der Waals surface area contributed by atoms with Crippen LogP contribution in [0.1, 0.15) is 5.69 Å².